The van der Waals surface area contributed by atoms with Crippen molar-refractivity contribution in [1.29, 1.82) is 0 Å². The van der Waals surface area contributed by atoms with Crippen molar-refractivity contribution in [3.8, 4) is 0 Å². The standard InChI is InChI=1S/C7H7.3CO.BF4.W/c1-2-4-6-7-5-3-1;3*1-2;2-1(3,4)5;/h1-7H;;;;;/q;;;;-1;. The molecule has 0 bridgehead atoms. The zero-order chi connectivity index (χ0) is 15.4. The Morgan fingerprint density at radius 3 is 0.947 bits per heavy atom. The van der Waals surface area contributed by atoms with Gasteiger partial charge in [0.1, 0.15) is 0 Å². The largest absolute Gasteiger partial charge is 0.0767 e. The van der Waals surface area contributed by atoms with E-state index in [0.29, 0.717) is 0 Å². The number of hydrogen-bond acceptors (Lipinski definition) is 0. The van der Waals surface area contributed by atoms with Crippen LogP contribution in [0.15, 0.2) is 36.5 Å². The van der Waals surface area contributed by atoms with Crippen LogP contribution >= 0.6 is 0 Å². The minimum absolute atomic E-state index is 0. The fraction of sp³-hybridized carbons (Fsp3) is 0. The molecule has 0 aliphatic heterocycles. The van der Waals surface area contributed by atoms with Crippen LogP contribution < -0.4 is 0 Å². The first kappa shape index (κ1) is 30.7. The van der Waals surface area contributed by atoms with Crippen LogP contribution in [-0.2, 0) is 35.0 Å². The van der Waals surface area contributed by atoms with Crippen LogP contribution in [0.4, 0.5) is 17.3 Å². The van der Waals surface area contributed by atoms with Crippen LogP contribution in [0, 0.1) is 26.4 Å². The Hall–Kier alpha value is -1.09. The molecule has 1 aliphatic rings. The van der Waals surface area contributed by atoms with Crippen LogP contribution in [0.25, 0.3) is 0 Å². The van der Waals surface area contributed by atoms with Gasteiger partial charge in [-0.1, -0.05) is 36.5 Å². The normalized spacial score (nSPS) is 9.79. The third-order valence-electron chi connectivity index (χ3n) is 0.778. The number of halogens is 4. The molecule has 3 nitrogen and oxygen atoms in total. The Labute approximate surface area is 123 Å². The fourth-order valence-electron chi connectivity index (χ4n) is 0.449. The van der Waals surface area contributed by atoms with Crippen molar-refractivity contribution in [2.24, 2.45) is 0 Å². The monoisotopic (exact) mass is 446 g/mol. The second kappa shape index (κ2) is 30.2. The molecular weight excluding hydrogens is 439 g/mol. The summed E-state index contributed by atoms with van der Waals surface area (Å²) in [5.74, 6) is 0. The van der Waals surface area contributed by atoms with Crippen LogP contribution in [0.2, 0.25) is 0 Å². The Balaban J connectivity index is -0.0000000488. The van der Waals surface area contributed by atoms with Crippen LogP contribution in [0.5, 0.6) is 0 Å². The average molecular weight is 446 g/mol. The molecule has 1 radical (unpaired) electrons. The molecule has 0 saturated heterocycles. The molecule has 0 saturated carbocycles. The maximum atomic E-state index is 9.75. The van der Waals surface area contributed by atoms with Gasteiger partial charge in [-0.3, -0.25) is 0 Å². The number of allylic oxidation sites excluding steroid dienone is 6. The van der Waals surface area contributed by atoms with Crippen molar-refractivity contribution in [3.05, 3.63) is 62.8 Å². The minimum atomic E-state index is -6.00. The third kappa shape index (κ3) is 108. The van der Waals surface area contributed by atoms with E-state index in [4.69, 9.17) is 14.0 Å². The van der Waals surface area contributed by atoms with E-state index in [9.17, 15) is 17.3 Å². The molecule has 0 heterocycles. The summed E-state index contributed by atoms with van der Waals surface area (Å²) in [6.07, 6.45) is 14.0. The summed E-state index contributed by atoms with van der Waals surface area (Å²) >= 11 is 0. The molecule has 0 amide bonds. The van der Waals surface area contributed by atoms with E-state index in [0.717, 1.165) is 0 Å². The summed E-state index contributed by atoms with van der Waals surface area (Å²) in [7, 11) is -6.00. The van der Waals surface area contributed by atoms with Crippen molar-refractivity contribution in [2.45, 2.75) is 0 Å². The van der Waals surface area contributed by atoms with E-state index in [1.54, 1.807) is 0 Å². The van der Waals surface area contributed by atoms with Crippen molar-refractivity contribution in [2.75, 3.05) is 0 Å². The Bertz CT molecular complexity index is 272. The molecule has 0 aromatic carbocycles. The van der Waals surface area contributed by atoms with Gasteiger partial charge in [0.05, 0.1) is 0 Å². The quantitative estimate of drug-likeness (QED) is 0.238. The molecule has 103 valence electrons. The van der Waals surface area contributed by atoms with Crippen molar-refractivity contribution in [1.82, 2.24) is 0 Å². The Morgan fingerprint density at radius 2 is 0.737 bits per heavy atom. The number of hydrogen-bond donors (Lipinski definition) is 0. The zero-order valence-electron chi connectivity index (χ0n) is 9.26. The molecule has 0 spiro atoms. The molecule has 0 atom stereocenters. The molecular formula is C10H7BF4O3W-. The van der Waals surface area contributed by atoms with Gasteiger partial charge < -0.3 is 17.3 Å². The summed E-state index contributed by atoms with van der Waals surface area (Å²) in [5.41, 5.74) is 0. The van der Waals surface area contributed by atoms with Gasteiger partial charge in [0.2, 0.25) is 0 Å². The second-order valence-electron chi connectivity index (χ2n) is 1.84. The van der Waals surface area contributed by atoms with E-state index >= 15 is 0 Å². The first-order valence-corrected chi connectivity index (χ1v) is 3.82. The number of rotatable bonds is 0. The first-order valence-electron chi connectivity index (χ1n) is 3.82. The van der Waals surface area contributed by atoms with Gasteiger partial charge in [0, 0.05) is 27.5 Å². The van der Waals surface area contributed by atoms with Gasteiger partial charge >= 0.3 is 41.2 Å². The van der Waals surface area contributed by atoms with E-state index in [1.807, 2.05) is 42.9 Å². The van der Waals surface area contributed by atoms with Gasteiger partial charge in [0.25, 0.3) is 0 Å². The van der Waals surface area contributed by atoms with Crippen molar-refractivity contribution >= 4 is 7.25 Å². The van der Waals surface area contributed by atoms with E-state index in [2.05, 4.69) is 20.0 Å². The summed E-state index contributed by atoms with van der Waals surface area (Å²) in [4.78, 5) is 0. The van der Waals surface area contributed by atoms with Crippen molar-refractivity contribution in [3.63, 3.8) is 0 Å². The molecule has 0 aromatic heterocycles. The maximum absolute atomic E-state index is 9.75. The topological polar surface area (TPSA) is 59.7 Å². The smallest absolute Gasteiger partial charge is 0.00506 e. The summed E-state index contributed by atoms with van der Waals surface area (Å²) < 4.78 is 61.5. The molecule has 1 rings (SSSR count). The average Bonchev–Trinajstić information content (AvgIpc) is 2.67. The van der Waals surface area contributed by atoms with Crippen LogP contribution in [0.3, 0.4) is 0 Å². The third-order valence-corrected chi connectivity index (χ3v) is 0.778. The first-order chi connectivity index (χ1) is 8.50. The van der Waals surface area contributed by atoms with E-state index in [1.165, 1.54) is 0 Å². The fourth-order valence-corrected chi connectivity index (χ4v) is 0.449. The molecule has 0 N–H and O–H groups in total. The Kier molecular flexibility index (Phi) is 48.8. The minimum Gasteiger partial charge on any atom is -0.0767 e. The maximum Gasteiger partial charge on any atom is 0.00506 e. The molecule has 19 heavy (non-hydrogen) atoms. The van der Waals surface area contributed by atoms with Gasteiger partial charge in [-0.05, 0) is 0 Å². The predicted molar refractivity (Wildman–Crippen MR) is 53.7 cm³/mol. The SMILES string of the molecule is F[B-](F)(F)F.[C-]#[O+].[C-]#[O+].[C-]#[O+].[CH]1C=CC=CC=C1.[W]. The molecule has 0 aromatic rings. The van der Waals surface area contributed by atoms with Crippen LogP contribution in [-0.4, -0.2) is 7.25 Å². The molecule has 0 fully saturated rings. The predicted octanol–water partition coefficient (Wildman–Crippen LogP) is 3.06. The second-order valence-corrected chi connectivity index (χ2v) is 1.84. The van der Waals surface area contributed by atoms with Gasteiger partial charge in [-0.15, -0.1) is 0 Å². The van der Waals surface area contributed by atoms with Gasteiger partial charge in [-0.2, -0.15) is 0 Å². The van der Waals surface area contributed by atoms with Gasteiger partial charge in [0.15, 0.2) is 0 Å². The summed E-state index contributed by atoms with van der Waals surface area (Å²) in [6.45, 7) is 13.5. The van der Waals surface area contributed by atoms with Crippen molar-refractivity contribution < 1.29 is 52.3 Å². The Morgan fingerprint density at radius 1 is 0.579 bits per heavy atom. The zero-order valence-corrected chi connectivity index (χ0v) is 12.2. The summed E-state index contributed by atoms with van der Waals surface area (Å²) in [6, 6.07) is 0. The van der Waals surface area contributed by atoms with E-state index < -0.39 is 7.25 Å². The molecule has 1 aliphatic carbocycles. The molecule has 9 heteroatoms. The van der Waals surface area contributed by atoms with Gasteiger partial charge in [-0.25, -0.2) is 0 Å². The van der Waals surface area contributed by atoms with Crippen LogP contribution in [0.1, 0.15) is 0 Å². The molecule has 0 unspecified atom stereocenters. The van der Waals surface area contributed by atoms with E-state index in [-0.39, 0.29) is 21.1 Å². The summed E-state index contributed by atoms with van der Waals surface area (Å²) in [5, 5.41) is 0.